The minimum atomic E-state index is -0.540. The molecule has 1 aromatic rings. The Labute approximate surface area is 118 Å². The van der Waals surface area contributed by atoms with Crippen LogP contribution in [0, 0.1) is 11.8 Å². The molecule has 4 atom stereocenters. The topological polar surface area (TPSA) is 43.7 Å². The van der Waals surface area contributed by atoms with Gasteiger partial charge >= 0.3 is 0 Å². The summed E-state index contributed by atoms with van der Waals surface area (Å²) in [5.74, 6) is 1.03. The van der Waals surface area contributed by atoms with Crippen LogP contribution in [0.5, 0.6) is 0 Å². The summed E-state index contributed by atoms with van der Waals surface area (Å²) in [7, 11) is 0. The van der Waals surface area contributed by atoms with Crippen LogP contribution >= 0.6 is 11.6 Å². The summed E-state index contributed by atoms with van der Waals surface area (Å²) in [6, 6.07) is 7.95. The zero-order valence-electron chi connectivity index (χ0n) is 10.9. The largest absolute Gasteiger partial charge is 0.390 e. The van der Waals surface area contributed by atoms with Gasteiger partial charge in [0.15, 0.2) is 0 Å². The van der Waals surface area contributed by atoms with E-state index in [2.05, 4.69) is 11.0 Å². The molecular weight excluding hydrogens is 262 g/mol. The second kappa shape index (κ2) is 5.41. The predicted octanol–water partition coefficient (Wildman–Crippen LogP) is 1.90. The summed E-state index contributed by atoms with van der Waals surface area (Å²) in [5, 5.41) is 20.3. The van der Waals surface area contributed by atoms with Crippen molar-refractivity contribution in [1.29, 1.82) is 0 Å². The fourth-order valence-corrected chi connectivity index (χ4v) is 3.70. The SMILES string of the molecule is OC1CC2CN(Cc3ccccc3Cl)CC2CC1O. The first-order valence-electron chi connectivity index (χ1n) is 6.95. The Hall–Kier alpha value is -0.610. The van der Waals surface area contributed by atoms with Crippen LogP contribution < -0.4 is 0 Å². The number of hydrogen-bond acceptors (Lipinski definition) is 3. The van der Waals surface area contributed by atoms with Gasteiger partial charge in [-0.3, -0.25) is 4.90 Å². The third-order valence-corrected chi connectivity index (χ3v) is 4.91. The zero-order chi connectivity index (χ0) is 13.4. The van der Waals surface area contributed by atoms with Gasteiger partial charge in [-0.25, -0.2) is 0 Å². The molecule has 1 aliphatic carbocycles. The normalized spacial score (nSPS) is 35.3. The van der Waals surface area contributed by atoms with E-state index in [1.54, 1.807) is 0 Å². The highest BCUT2D eigenvalue weighted by molar-refractivity contribution is 6.31. The second-order valence-corrected chi connectivity index (χ2v) is 6.32. The number of aliphatic hydroxyl groups is 2. The summed E-state index contributed by atoms with van der Waals surface area (Å²) < 4.78 is 0. The monoisotopic (exact) mass is 281 g/mol. The standard InChI is InChI=1S/C15H20ClNO2/c16-13-4-2-1-3-10(13)7-17-8-11-5-14(18)15(19)6-12(11)9-17/h1-4,11-12,14-15,18-19H,5-9H2. The second-order valence-electron chi connectivity index (χ2n) is 5.91. The van der Waals surface area contributed by atoms with Crippen LogP contribution in [0.15, 0.2) is 24.3 Å². The van der Waals surface area contributed by atoms with E-state index in [0.29, 0.717) is 11.8 Å². The lowest BCUT2D eigenvalue weighted by atomic mass is 9.79. The lowest BCUT2D eigenvalue weighted by Gasteiger charge is -2.32. The van der Waals surface area contributed by atoms with Crippen LogP contribution in [0.4, 0.5) is 0 Å². The molecule has 4 heteroatoms. The Morgan fingerprint density at radius 2 is 1.63 bits per heavy atom. The first-order valence-corrected chi connectivity index (χ1v) is 7.33. The van der Waals surface area contributed by atoms with Gasteiger partial charge in [-0.05, 0) is 36.3 Å². The van der Waals surface area contributed by atoms with Crippen molar-refractivity contribution in [3.05, 3.63) is 34.9 Å². The number of aliphatic hydroxyl groups excluding tert-OH is 2. The molecule has 4 unspecified atom stereocenters. The van der Waals surface area contributed by atoms with E-state index in [4.69, 9.17) is 11.6 Å². The number of fused-ring (bicyclic) bond motifs is 1. The molecule has 2 aliphatic rings. The first-order chi connectivity index (χ1) is 9.13. The van der Waals surface area contributed by atoms with E-state index in [-0.39, 0.29) is 0 Å². The van der Waals surface area contributed by atoms with Crippen molar-refractivity contribution in [2.45, 2.75) is 31.6 Å². The van der Waals surface area contributed by atoms with E-state index >= 15 is 0 Å². The molecule has 1 aliphatic heterocycles. The Morgan fingerprint density at radius 3 is 2.21 bits per heavy atom. The Morgan fingerprint density at radius 1 is 1.05 bits per heavy atom. The molecule has 1 saturated heterocycles. The molecule has 1 heterocycles. The highest BCUT2D eigenvalue weighted by atomic mass is 35.5. The van der Waals surface area contributed by atoms with Crippen molar-refractivity contribution < 1.29 is 10.2 Å². The Bertz CT molecular complexity index is 436. The molecule has 1 aromatic carbocycles. The molecule has 0 aromatic heterocycles. The van der Waals surface area contributed by atoms with Gasteiger partial charge in [-0.1, -0.05) is 29.8 Å². The third-order valence-electron chi connectivity index (χ3n) is 4.54. The highest BCUT2D eigenvalue weighted by Crippen LogP contribution is 2.37. The number of hydrogen-bond donors (Lipinski definition) is 2. The molecule has 2 fully saturated rings. The maximum absolute atomic E-state index is 9.76. The van der Waals surface area contributed by atoms with Crippen LogP contribution in [0.2, 0.25) is 5.02 Å². The van der Waals surface area contributed by atoms with Crippen LogP contribution in [-0.2, 0) is 6.54 Å². The van der Waals surface area contributed by atoms with Gasteiger partial charge in [0, 0.05) is 24.7 Å². The number of benzene rings is 1. The third kappa shape index (κ3) is 2.79. The molecular formula is C15H20ClNO2. The lowest BCUT2D eigenvalue weighted by Crippen LogP contribution is -2.38. The number of halogens is 1. The van der Waals surface area contributed by atoms with Crippen molar-refractivity contribution in [3.63, 3.8) is 0 Å². The van der Waals surface area contributed by atoms with E-state index in [1.165, 1.54) is 0 Å². The summed E-state index contributed by atoms with van der Waals surface area (Å²) in [5.41, 5.74) is 1.16. The number of likely N-dealkylation sites (tertiary alicyclic amines) is 1. The summed E-state index contributed by atoms with van der Waals surface area (Å²) in [4.78, 5) is 2.39. The average molecular weight is 282 g/mol. The quantitative estimate of drug-likeness (QED) is 0.870. The molecule has 2 N–H and O–H groups in total. The number of rotatable bonds is 2. The number of nitrogens with zero attached hydrogens (tertiary/aromatic N) is 1. The van der Waals surface area contributed by atoms with Gasteiger partial charge in [0.2, 0.25) is 0 Å². The molecule has 3 nitrogen and oxygen atoms in total. The van der Waals surface area contributed by atoms with Gasteiger partial charge in [0.05, 0.1) is 12.2 Å². The van der Waals surface area contributed by atoms with Crippen LogP contribution in [0.25, 0.3) is 0 Å². The molecule has 104 valence electrons. The smallest absolute Gasteiger partial charge is 0.0802 e. The van der Waals surface area contributed by atoms with Crippen LogP contribution in [-0.4, -0.2) is 40.4 Å². The van der Waals surface area contributed by atoms with E-state index in [9.17, 15) is 10.2 Å². The molecule has 0 bridgehead atoms. The minimum Gasteiger partial charge on any atom is -0.390 e. The van der Waals surface area contributed by atoms with Crippen molar-refractivity contribution in [2.75, 3.05) is 13.1 Å². The van der Waals surface area contributed by atoms with Gasteiger partial charge in [-0.2, -0.15) is 0 Å². The highest BCUT2D eigenvalue weighted by Gasteiger charge is 2.40. The van der Waals surface area contributed by atoms with E-state index < -0.39 is 12.2 Å². The molecule has 3 rings (SSSR count). The fourth-order valence-electron chi connectivity index (χ4n) is 3.50. The summed E-state index contributed by atoms with van der Waals surface area (Å²) >= 11 is 6.20. The van der Waals surface area contributed by atoms with Crippen molar-refractivity contribution in [3.8, 4) is 0 Å². The average Bonchev–Trinajstić information content (AvgIpc) is 2.74. The summed E-state index contributed by atoms with van der Waals surface area (Å²) in [6.07, 6.45) is 0.374. The van der Waals surface area contributed by atoms with Crippen LogP contribution in [0.1, 0.15) is 18.4 Å². The van der Waals surface area contributed by atoms with E-state index in [0.717, 1.165) is 43.1 Å². The van der Waals surface area contributed by atoms with Crippen molar-refractivity contribution in [2.24, 2.45) is 11.8 Å². The maximum Gasteiger partial charge on any atom is 0.0802 e. The first kappa shape index (κ1) is 13.4. The molecule has 0 amide bonds. The zero-order valence-corrected chi connectivity index (χ0v) is 11.6. The molecule has 1 saturated carbocycles. The molecule has 0 radical (unpaired) electrons. The maximum atomic E-state index is 9.76. The van der Waals surface area contributed by atoms with Crippen molar-refractivity contribution in [1.82, 2.24) is 4.90 Å². The summed E-state index contributed by atoms with van der Waals surface area (Å²) in [6.45, 7) is 2.86. The van der Waals surface area contributed by atoms with E-state index in [1.807, 2.05) is 18.2 Å². The van der Waals surface area contributed by atoms with Crippen LogP contribution in [0.3, 0.4) is 0 Å². The molecule has 0 spiro atoms. The predicted molar refractivity (Wildman–Crippen MR) is 75.0 cm³/mol. The molecule has 19 heavy (non-hydrogen) atoms. The minimum absolute atomic E-state index is 0.515. The van der Waals surface area contributed by atoms with Gasteiger partial charge in [-0.15, -0.1) is 0 Å². The Kier molecular flexibility index (Phi) is 3.81. The Balaban J connectivity index is 1.65. The van der Waals surface area contributed by atoms with Gasteiger partial charge in [0.25, 0.3) is 0 Å². The van der Waals surface area contributed by atoms with Crippen molar-refractivity contribution >= 4 is 11.6 Å². The lowest BCUT2D eigenvalue weighted by molar-refractivity contribution is -0.0372. The fraction of sp³-hybridized carbons (Fsp3) is 0.600. The van der Waals surface area contributed by atoms with Gasteiger partial charge < -0.3 is 10.2 Å². The van der Waals surface area contributed by atoms with Gasteiger partial charge in [0.1, 0.15) is 0 Å².